The van der Waals surface area contributed by atoms with E-state index < -0.39 is 23.8 Å². The summed E-state index contributed by atoms with van der Waals surface area (Å²) in [4.78, 5) is 43.8. The average molecular weight is 604 g/mol. The number of amides is 3. The summed E-state index contributed by atoms with van der Waals surface area (Å²) in [5.74, 6) is -0.497. The first-order valence-electron chi connectivity index (χ1n) is 15.4. The lowest BCUT2D eigenvalue weighted by atomic mass is 9.98. The molecule has 4 aromatic rings. The molecule has 45 heavy (non-hydrogen) atoms. The highest BCUT2D eigenvalue weighted by molar-refractivity contribution is 6.00. The van der Waals surface area contributed by atoms with E-state index in [1.165, 1.54) is 0 Å². The zero-order chi connectivity index (χ0) is 32.1. The van der Waals surface area contributed by atoms with Gasteiger partial charge in [-0.15, -0.1) is 0 Å². The molecule has 1 aliphatic rings. The summed E-state index contributed by atoms with van der Waals surface area (Å²) in [7, 11) is 0. The number of anilines is 1. The van der Waals surface area contributed by atoms with Crippen molar-refractivity contribution >= 4 is 40.4 Å². The van der Waals surface area contributed by atoms with E-state index >= 15 is 0 Å². The lowest BCUT2D eigenvalue weighted by Crippen LogP contribution is -2.54. The zero-order valence-corrected chi connectivity index (χ0v) is 26.3. The summed E-state index contributed by atoms with van der Waals surface area (Å²) in [6.45, 7) is 11.3. The van der Waals surface area contributed by atoms with Crippen LogP contribution in [0.5, 0.6) is 0 Å². The van der Waals surface area contributed by atoms with E-state index in [1.807, 2.05) is 97.1 Å². The van der Waals surface area contributed by atoms with Crippen molar-refractivity contribution in [3.63, 3.8) is 0 Å². The quantitative estimate of drug-likeness (QED) is 0.196. The Morgan fingerprint density at radius 3 is 2.29 bits per heavy atom. The van der Waals surface area contributed by atoms with Crippen LogP contribution in [0.3, 0.4) is 0 Å². The summed E-state index contributed by atoms with van der Waals surface area (Å²) in [6.07, 6.45) is 2.02. The molecule has 4 aromatic carbocycles. The van der Waals surface area contributed by atoms with Crippen LogP contribution in [0.4, 0.5) is 10.5 Å². The Balaban J connectivity index is 1.55. The number of hydrogen-bond acceptors (Lipinski definition) is 4. The number of alkyl carbamates (subject to hydrolysis) is 1. The van der Waals surface area contributed by atoms with Gasteiger partial charge in [-0.1, -0.05) is 98.4 Å². The molecule has 0 aromatic heterocycles. The van der Waals surface area contributed by atoms with Crippen LogP contribution in [0.2, 0.25) is 0 Å². The number of nitrogens with one attached hydrogen (secondary N) is 2. The smallest absolute Gasteiger partial charge is 0.408 e. The topological polar surface area (TPSA) is 87.7 Å². The third-order valence-electron chi connectivity index (χ3n) is 7.96. The molecule has 7 heteroatoms. The van der Waals surface area contributed by atoms with Gasteiger partial charge in [0.05, 0.1) is 0 Å². The minimum Gasteiger partial charge on any atom is -0.444 e. The lowest BCUT2D eigenvalue weighted by Gasteiger charge is -2.35. The third kappa shape index (κ3) is 7.98. The molecule has 0 aliphatic heterocycles. The summed E-state index contributed by atoms with van der Waals surface area (Å²) in [5.41, 5.74) is 2.26. The molecule has 0 heterocycles. The maximum Gasteiger partial charge on any atom is 0.408 e. The zero-order valence-electron chi connectivity index (χ0n) is 26.3. The molecule has 4 atom stereocenters. The molecular weight excluding hydrogens is 562 g/mol. The molecular formula is C38H41N3O4. The molecule has 0 spiro atoms. The first kappa shape index (κ1) is 31.5. The van der Waals surface area contributed by atoms with E-state index in [0.29, 0.717) is 11.3 Å². The van der Waals surface area contributed by atoms with Gasteiger partial charge in [0.2, 0.25) is 5.91 Å². The van der Waals surface area contributed by atoms with Crippen molar-refractivity contribution < 1.29 is 19.1 Å². The van der Waals surface area contributed by atoms with Gasteiger partial charge in [-0.25, -0.2) is 4.79 Å². The monoisotopic (exact) mass is 603 g/mol. The summed E-state index contributed by atoms with van der Waals surface area (Å²) in [6, 6.07) is 28.6. The van der Waals surface area contributed by atoms with Crippen LogP contribution in [0, 0.1) is 5.92 Å². The van der Waals surface area contributed by atoms with Gasteiger partial charge in [-0.2, -0.15) is 0 Å². The van der Waals surface area contributed by atoms with E-state index in [-0.39, 0.29) is 30.2 Å². The fourth-order valence-electron chi connectivity index (χ4n) is 5.62. The largest absolute Gasteiger partial charge is 0.444 e. The molecule has 0 radical (unpaired) electrons. The molecule has 3 amide bonds. The maximum atomic E-state index is 14.7. The molecule has 4 unspecified atom stereocenters. The van der Waals surface area contributed by atoms with Crippen LogP contribution in [0.25, 0.3) is 16.8 Å². The molecule has 7 nitrogen and oxygen atoms in total. The van der Waals surface area contributed by atoms with Crippen molar-refractivity contribution in [1.29, 1.82) is 0 Å². The fourth-order valence-corrected chi connectivity index (χ4v) is 5.62. The van der Waals surface area contributed by atoms with Gasteiger partial charge >= 0.3 is 6.09 Å². The Hall–Kier alpha value is -4.91. The van der Waals surface area contributed by atoms with Crippen LogP contribution < -0.4 is 10.6 Å². The second kappa shape index (κ2) is 13.4. The number of nitrogens with zero attached hydrogens (tertiary/aromatic N) is 1. The van der Waals surface area contributed by atoms with Crippen molar-refractivity contribution in [3.05, 3.63) is 120 Å². The number of fused-ring (bicyclic) bond motifs is 1. The minimum absolute atomic E-state index is 0.184. The standard InChI is InChI=1S/C38H41N3O4/c1-6-26-15-12-18-30(22-26)34(35(42)39-31-20-19-28-16-10-11-17-29(28)24-31)41(33-21-25(33)2)36(43)32(23-27-13-8-7-9-14-27)40-37(44)45-38(3,4)5/h6-20,22,24-25,32-34H,1,21,23H2,2-5H3,(H,39,42)(H,40,44). The highest BCUT2D eigenvalue weighted by Crippen LogP contribution is 2.41. The SMILES string of the molecule is C=Cc1cccc(C(C(=O)Nc2ccc3ccccc3c2)N(C(=O)C(Cc2ccccc2)NC(=O)OC(C)(C)C)C2CC2C)c1. The molecule has 1 aliphatic carbocycles. The van der Waals surface area contributed by atoms with Crippen LogP contribution in [-0.4, -0.2) is 40.5 Å². The summed E-state index contributed by atoms with van der Waals surface area (Å²) >= 11 is 0. The van der Waals surface area contributed by atoms with Crippen molar-refractivity contribution in [2.75, 3.05) is 5.32 Å². The van der Waals surface area contributed by atoms with Gasteiger partial charge in [0, 0.05) is 18.2 Å². The van der Waals surface area contributed by atoms with Crippen molar-refractivity contribution in [2.45, 2.75) is 64.3 Å². The maximum absolute atomic E-state index is 14.7. The molecule has 1 saturated carbocycles. The van der Waals surface area contributed by atoms with Crippen molar-refractivity contribution in [3.8, 4) is 0 Å². The second-order valence-corrected chi connectivity index (χ2v) is 12.7. The molecule has 0 saturated heterocycles. The normalized spacial score (nSPS) is 17.1. The predicted octanol–water partition coefficient (Wildman–Crippen LogP) is 7.54. The van der Waals surface area contributed by atoms with Gasteiger partial charge in [0.1, 0.15) is 17.7 Å². The first-order chi connectivity index (χ1) is 21.5. The number of carbonyl (C=O) groups is 3. The van der Waals surface area contributed by atoms with E-state index in [9.17, 15) is 14.4 Å². The Kier molecular flexibility index (Phi) is 9.37. The Bertz CT molecular complexity index is 1690. The Morgan fingerprint density at radius 2 is 1.62 bits per heavy atom. The molecule has 0 bridgehead atoms. The highest BCUT2D eigenvalue weighted by Gasteiger charge is 2.48. The third-order valence-corrected chi connectivity index (χ3v) is 7.96. The van der Waals surface area contributed by atoms with Crippen molar-refractivity contribution in [2.24, 2.45) is 5.92 Å². The van der Waals surface area contributed by atoms with Crippen LogP contribution in [0.1, 0.15) is 56.8 Å². The fraction of sp³-hybridized carbons (Fsp3) is 0.289. The first-order valence-corrected chi connectivity index (χ1v) is 15.4. The van der Waals surface area contributed by atoms with Crippen LogP contribution >= 0.6 is 0 Å². The number of rotatable bonds is 10. The molecule has 232 valence electrons. The average Bonchev–Trinajstić information content (AvgIpc) is 3.74. The van der Waals surface area contributed by atoms with Gasteiger partial charge in [0.15, 0.2) is 0 Å². The van der Waals surface area contributed by atoms with E-state index in [4.69, 9.17) is 4.74 Å². The number of hydrogen-bond donors (Lipinski definition) is 2. The van der Waals surface area contributed by atoms with Crippen molar-refractivity contribution in [1.82, 2.24) is 10.2 Å². The summed E-state index contributed by atoms with van der Waals surface area (Å²) in [5, 5.41) is 7.99. The number of carbonyl (C=O) groups excluding carboxylic acids is 3. The Labute approximate surface area is 265 Å². The van der Waals surface area contributed by atoms with Gasteiger partial charge < -0.3 is 20.3 Å². The van der Waals surface area contributed by atoms with E-state index in [2.05, 4.69) is 24.1 Å². The van der Waals surface area contributed by atoms with Crippen LogP contribution in [-0.2, 0) is 20.7 Å². The van der Waals surface area contributed by atoms with Gasteiger partial charge in [-0.05, 0) is 78.8 Å². The van der Waals surface area contributed by atoms with Gasteiger partial charge in [0.25, 0.3) is 5.91 Å². The number of ether oxygens (including phenoxy) is 1. The minimum atomic E-state index is -0.964. The Morgan fingerprint density at radius 1 is 0.933 bits per heavy atom. The highest BCUT2D eigenvalue weighted by atomic mass is 16.6. The van der Waals surface area contributed by atoms with Crippen LogP contribution in [0.15, 0.2) is 104 Å². The molecule has 2 N–H and O–H groups in total. The second-order valence-electron chi connectivity index (χ2n) is 12.7. The van der Waals surface area contributed by atoms with E-state index in [1.54, 1.807) is 31.7 Å². The lowest BCUT2D eigenvalue weighted by molar-refractivity contribution is -0.141. The molecule has 1 fully saturated rings. The van der Waals surface area contributed by atoms with Gasteiger partial charge in [-0.3, -0.25) is 9.59 Å². The summed E-state index contributed by atoms with van der Waals surface area (Å²) < 4.78 is 5.56. The molecule has 5 rings (SSSR count). The number of benzene rings is 4. The predicted molar refractivity (Wildman–Crippen MR) is 180 cm³/mol. The van der Waals surface area contributed by atoms with E-state index in [0.717, 1.165) is 28.3 Å².